The minimum atomic E-state index is 0.101. The minimum Gasteiger partial charge on any atom is -0.337 e. The molecule has 152 valence electrons. The zero-order valence-corrected chi connectivity index (χ0v) is 17.8. The molecule has 1 aliphatic rings. The smallest absolute Gasteiger partial charge is 0.246 e. The van der Waals surface area contributed by atoms with Gasteiger partial charge in [0, 0.05) is 38.8 Å². The Balaban J connectivity index is 1.45. The number of amides is 1. The molecule has 2 aromatic rings. The molecule has 1 fully saturated rings. The largest absolute Gasteiger partial charge is 0.337 e. The van der Waals surface area contributed by atoms with Gasteiger partial charge in [0.2, 0.25) is 5.91 Å². The molecule has 0 radical (unpaired) electrons. The van der Waals surface area contributed by atoms with Crippen molar-refractivity contribution in [1.29, 1.82) is 0 Å². The van der Waals surface area contributed by atoms with Crippen LogP contribution in [-0.2, 0) is 10.2 Å². The van der Waals surface area contributed by atoms with Gasteiger partial charge in [0.1, 0.15) is 0 Å². The van der Waals surface area contributed by atoms with Crippen molar-refractivity contribution in [3.63, 3.8) is 0 Å². The van der Waals surface area contributed by atoms with Gasteiger partial charge in [0.05, 0.1) is 0 Å². The fraction of sp³-hybridized carbons (Fsp3) is 0.346. The van der Waals surface area contributed by atoms with E-state index in [0.29, 0.717) is 0 Å². The van der Waals surface area contributed by atoms with Gasteiger partial charge in [-0.2, -0.15) is 0 Å². The lowest BCUT2D eigenvalue weighted by atomic mass is 9.87. The molecule has 1 heterocycles. The normalized spacial score (nSPS) is 16.0. The number of carbonyl (C=O) groups excluding carboxylic acids is 1. The van der Waals surface area contributed by atoms with Gasteiger partial charge in [-0.05, 0) is 28.2 Å². The third-order valence-electron chi connectivity index (χ3n) is 5.35. The Morgan fingerprint density at radius 3 is 2.10 bits per heavy atom. The van der Waals surface area contributed by atoms with E-state index in [1.54, 1.807) is 6.08 Å². The first-order valence-corrected chi connectivity index (χ1v) is 10.4. The summed E-state index contributed by atoms with van der Waals surface area (Å²) in [7, 11) is 0. The van der Waals surface area contributed by atoms with E-state index < -0.39 is 0 Å². The van der Waals surface area contributed by atoms with E-state index >= 15 is 0 Å². The number of piperazine rings is 1. The van der Waals surface area contributed by atoms with Gasteiger partial charge in [0.25, 0.3) is 0 Å². The van der Waals surface area contributed by atoms with E-state index in [1.807, 2.05) is 17.0 Å². The minimum absolute atomic E-state index is 0.101. The molecule has 1 saturated heterocycles. The first kappa shape index (κ1) is 21.1. The molecular weight excluding hydrogens is 356 g/mol. The summed E-state index contributed by atoms with van der Waals surface area (Å²) in [5.74, 6) is 0.101. The van der Waals surface area contributed by atoms with Crippen LogP contribution in [-0.4, -0.2) is 48.4 Å². The highest BCUT2D eigenvalue weighted by molar-refractivity contribution is 5.91. The number of carbonyl (C=O) groups is 1. The van der Waals surface area contributed by atoms with Gasteiger partial charge >= 0.3 is 0 Å². The summed E-state index contributed by atoms with van der Waals surface area (Å²) in [6, 6.07) is 18.8. The third kappa shape index (κ3) is 6.43. The number of hydrogen-bond donors (Lipinski definition) is 0. The lowest BCUT2D eigenvalue weighted by Gasteiger charge is -2.33. The maximum absolute atomic E-state index is 12.5. The highest BCUT2D eigenvalue weighted by Gasteiger charge is 2.18. The van der Waals surface area contributed by atoms with Crippen LogP contribution in [0.15, 0.2) is 66.7 Å². The molecule has 0 spiro atoms. The summed E-state index contributed by atoms with van der Waals surface area (Å²) < 4.78 is 0. The Morgan fingerprint density at radius 2 is 1.48 bits per heavy atom. The Labute approximate surface area is 175 Å². The summed E-state index contributed by atoms with van der Waals surface area (Å²) in [6.45, 7) is 10.9. The van der Waals surface area contributed by atoms with E-state index in [1.165, 1.54) is 11.1 Å². The molecule has 3 rings (SSSR count). The van der Waals surface area contributed by atoms with Crippen LogP contribution in [0.5, 0.6) is 0 Å². The van der Waals surface area contributed by atoms with Gasteiger partial charge in [-0.1, -0.05) is 87.5 Å². The van der Waals surface area contributed by atoms with E-state index in [4.69, 9.17) is 0 Å². The highest BCUT2D eigenvalue weighted by Crippen LogP contribution is 2.22. The predicted molar refractivity (Wildman–Crippen MR) is 123 cm³/mol. The molecular formula is C26H32N2O. The van der Waals surface area contributed by atoms with Gasteiger partial charge in [-0.3, -0.25) is 9.69 Å². The van der Waals surface area contributed by atoms with E-state index in [9.17, 15) is 4.79 Å². The molecule has 0 atom stereocenters. The zero-order valence-electron chi connectivity index (χ0n) is 17.8. The van der Waals surface area contributed by atoms with Gasteiger partial charge in [-0.25, -0.2) is 0 Å². The van der Waals surface area contributed by atoms with Crippen LogP contribution in [0.2, 0.25) is 0 Å². The van der Waals surface area contributed by atoms with Crippen molar-refractivity contribution in [3.05, 3.63) is 83.4 Å². The van der Waals surface area contributed by atoms with Crippen molar-refractivity contribution >= 4 is 18.1 Å². The fourth-order valence-corrected chi connectivity index (χ4v) is 3.42. The molecule has 2 aromatic carbocycles. The summed E-state index contributed by atoms with van der Waals surface area (Å²) in [5, 5.41) is 0. The van der Waals surface area contributed by atoms with Crippen LogP contribution in [0.3, 0.4) is 0 Å². The lowest BCUT2D eigenvalue weighted by molar-refractivity contribution is -0.127. The molecule has 0 aliphatic carbocycles. The van der Waals surface area contributed by atoms with Crippen LogP contribution in [0.4, 0.5) is 0 Å². The van der Waals surface area contributed by atoms with E-state index in [-0.39, 0.29) is 11.3 Å². The molecule has 3 nitrogen and oxygen atoms in total. The van der Waals surface area contributed by atoms with Crippen LogP contribution >= 0.6 is 0 Å². The van der Waals surface area contributed by atoms with Crippen molar-refractivity contribution in [2.75, 3.05) is 32.7 Å². The van der Waals surface area contributed by atoms with Crippen LogP contribution in [0, 0.1) is 0 Å². The number of benzene rings is 2. The Kier molecular flexibility index (Phi) is 7.05. The predicted octanol–water partition coefficient (Wildman–Crippen LogP) is 4.85. The van der Waals surface area contributed by atoms with Gasteiger partial charge < -0.3 is 4.90 Å². The Hall–Kier alpha value is -2.65. The first-order valence-electron chi connectivity index (χ1n) is 10.4. The summed E-state index contributed by atoms with van der Waals surface area (Å²) >= 11 is 0. The number of rotatable bonds is 5. The molecule has 0 saturated carbocycles. The van der Waals surface area contributed by atoms with E-state index in [2.05, 4.69) is 86.4 Å². The monoisotopic (exact) mass is 388 g/mol. The average molecular weight is 389 g/mol. The zero-order chi connectivity index (χ0) is 20.7. The average Bonchev–Trinajstić information content (AvgIpc) is 2.73. The standard InChI is InChI=1S/C26H32N2O/c1-26(2,3)24-14-11-23(12-15-24)13-16-25(29)28-20-18-27(19-21-28)17-7-10-22-8-5-4-6-9-22/h4-16H,17-21H2,1-3H3/b10-7+,16-13+. The van der Waals surface area contributed by atoms with Gasteiger partial charge in [-0.15, -0.1) is 0 Å². The molecule has 0 unspecified atom stereocenters. The van der Waals surface area contributed by atoms with Crippen LogP contribution < -0.4 is 0 Å². The first-order chi connectivity index (χ1) is 13.9. The molecule has 3 heteroatoms. The van der Waals surface area contributed by atoms with E-state index in [0.717, 1.165) is 38.3 Å². The fourth-order valence-electron chi connectivity index (χ4n) is 3.42. The number of nitrogens with zero attached hydrogens (tertiary/aromatic N) is 2. The topological polar surface area (TPSA) is 23.6 Å². The molecule has 1 aliphatic heterocycles. The lowest BCUT2D eigenvalue weighted by Crippen LogP contribution is -2.48. The molecule has 0 aromatic heterocycles. The van der Waals surface area contributed by atoms with Crippen LogP contribution in [0.25, 0.3) is 12.2 Å². The maximum Gasteiger partial charge on any atom is 0.246 e. The van der Waals surface area contributed by atoms with Crippen molar-refractivity contribution in [1.82, 2.24) is 9.80 Å². The molecule has 0 bridgehead atoms. The summed E-state index contributed by atoms with van der Waals surface area (Å²) in [4.78, 5) is 16.8. The number of hydrogen-bond acceptors (Lipinski definition) is 2. The Morgan fingerprint density at radius 1 is 0.862 bits per heavy atom. The molecule has 1 amide bonds. The second-order valence-electron chi connectivity index (χ2n) is 8.64. The van der Waals surface area contributed by atoms with Crippen molar-refractivity contribution in [2.45, 2.75) is 26.2 Å². The highest BCUT2D eigenvalue weighted by atomic mass is 16.2. The third-order valence-corrected chi connectivity index (χ3v) is 5.35. The molecule has 0 N–H and O–H groups in total. The van der Waals surface area contributed by atoms with Gasteiger partial charge in [0.15, 0.2) is 0 Å². The van der Waals surface area contributed by atoms with Crippen molar-refractivity contribution < 1.29 is 4.79 Å². The maximum atomic E-state index is 12.5. The van der Waals surface area contributed by atoms with Crippen LogP contribution in [0.1, 0.15) is 37.5 Å². The SMILES string of the molecule is CC(C)(C)c1ccc(/C=C/C(=O)N2CCN(C/C=C/c3ccccc3)CC2)cc1. The second-order valence-corrected chi connectivity index (χ2v) is 8.64. The second kappa shape index (κ2) is 9.71. The quantitative estimate of drug-likeness (QED) is 0.683. The Bertz CT molecular complexity index is 837. The van der Waals surface area contributed by atoms with Crippen molar-refractivity contribution in [3.8, 4) is 0 Å². The molecule has 29 heavy (non-hydrogen) atoms. The van der Waals surface area contributed by atoms with Crippen molar-refractivity contribution in [2.24, 2.45) is 0 Å². The summed E-state index contributed by atoms with van der Waals surface area (Å²) in [5.41, 5.74) is 3.74. The summed E-state index contributed by atoms with van der Waals surface area (Å²) in [6.07, 6.45) is 7.99.